The summed E-state index contributed by atoms with van der Waals surface area (Å²) in [5.41, 5.74) is -1.22. The summed E-state index contributed by atoms with van der Waals surface area (Å²) in [5, 5.41) is 9.81. The highest BCUT2D eigenvalue weighted by molar-refractivity contribution is 5.92. The van der Waals surface area contributed by atoms with Gasteiger partial charge in [-0.3, -0.25) is 0 Å². The second-order valence-corrected chi connectivity index (χ2v) is 9.75. The van der Waals surface area contributed by atoms with Gasteiger partial charge in [0.1, 0.15) is 5.60 Å². The standard InChI is InChI=1S/C23H38O5/c1-16(2)12-18(13-17(3)4)8-9-19-14-23(15-24,28-21(19)26)11-10-20(25)27-22(5,6)7/h9-11,16-18,24H,8,12-15H2,1-7H3/b11-10-,19-9+. The molecule has 0 amide bonds. The third-order valence-corrected chi connectivity index (χ3v) is 4.55. The van der Waals surface area contributed by atoms with Crippen LogP contribution in [-0.2, 0) is 19.1 Å². The summed E-state index contributed by atoms with van der Waals surface area (Å²) in [6.45, 7) is 13.8. The van der Waals surface area contributed by atoms with E-state index in [1.54, 1.807) is 20.8 Å². The highest BCUT2D eigenvalue weighted by atomic mass is 16.6. The van der Waals surface area contributed by atoms with E-state index in [2.05, 4.69) is 27.7 Å². The minimum absolute atomic E-state index is 0.262. The van der Waals surface area contributed by atoms with E-state index in [0.717, 1.165) is 19.3 Å². The van der Waals surface area contributed by atoms with Crippen molar-refractivity contribution < 1.29 is 24.2 Å². The Morgan fingerprint density at radius 2 is 1.79 bits per heavy atom. The lowest BCUT2D eigenvalue weighted by atomic mass is 9.86. The number of esters is 2. The third kappa shape index (κ3) is 8.59. The van der Waals surface area contributed by atoms with Gasteiger partial charge in [0, 0.05) is 18.1 Å². The molecule has 1 unspecified atom stereocenters. The van der Waals surface area contributed by atoms with Crippen LogP contribution in [0.15, 0.2) is 23.8 Å². The molecule has 160 valence electrons. The Morgan fingerprint density at radius 3 is 2.25 bits per heavy atom. The largest absolute Gasteiger partial charge is 0.457 e. The molecule has 1 atom stereocenters. The van der Waals surface area contributed by atoms with Crippen LogP contribution in [0.2, 0.25) is 0 Å². The van der Waals surface area contributed by atoms with E-state index in [-0.39, 0.29) is 13.0 Å². The van der Waals surface area contributed by atoms with Crippen molar-refractivity contribution in [3.05, 3.63) is 23.8 Å². The molecular formula is C23H38O5. The number of carbonyl (C=O) groups excluding carboxylic acids is 2. The van der Waals surface area contributed by atoms with Gasteiger partial charge in [0.25, 0.3) is 0 Å². The molecule has 1 N–H and O–H groups in total. The Hall–Kier alpha value is -1.62. The molecule has 0 aliphatic carbocycles. The first-order valence-electron chi connectivity index (χ1n) is 10.3. The van der Waals surface area contributed by atoms with E-state index in [1.165, 1.54) is 12.2 Å². The summed E-state index contributed by atoms with van der Waals surface area (Å²) < 4.78 is 10.7. The topological polar surface area (TPSA) is 72.8 Å². The van der Waals surface area contributed by atoms with Gasteiger partial charge < -0.3 is 14.6 Å². The van der Waals surface area contributed by atoms with Crippen LogP contribution in [0.25, 0.3) is 0 Å². The van der Waals surface area contributed by atoms with Gasteiger partial charge >= 0.3 is 11.9 Å². The van der Waals surface area contributed by atoms with E-state index in [9.17, 15) is 14.7 Å². The molecule has 0 aromatic rings. The molecule has 0 aromatic heterocycles. The Morgan fingerprint density at radius 1 is 1.21 bits per heavy atom. The zero-order valence-electron chi connectivity index (χ0n) is 18.6. The average molecular weight is 395 g/mol. The predicted octanol–water partition coefficient (Wildman–Crippen LogP) is 4.59. The lowest BCUT2D eigenvalue weighted by molar-refractivity contribution is -0.150. The molecule has 1 aliphatic heterocycles. The molecule has 28 heavy (non-hydrogen) atoms. The van der Waals surface area contributed by atoms with Gasteiger partial charge in [-0.15, -0.1) is 0 Å². The predicted molar refractivity (Wildman–Crippen MR) is 111 cm³/mol. The van der Waals surface area contributed by atoms with Gasteiger partial charge in [0.2, 0.25) is 0 Å². The molecule has 0 bridgehead atoms. The average Bonchev–Trinajstić information content (AvgIpc) is 2.85. The quantitative estimate of drug-likeness (QED) is 0.457. The highest BCUT2D eigenvalue weighted by Crippen LogP contribution is 2.33. The van der Waals surface area contributed by atoms with Crippen LogP contribution in [0.1, 0.15) is 74.1 Å². The summed E-state index contributed by atoms with van der Waals surface area (Å²) in [6.07, 6.45) is 7.94. The maximum Gasteiger partial charge on any atom is 0.334 e. The van der Waals surface area contributed by atoms with Crippen molar-refractivity contribution in [2.24, 2.45) is 17.8 Å². The number of rotatable bonds is 9. The molecule has 1 saturated heterocycles. The summed E-state index contributed by atoms with van der Waals surface area (Å²) >= 11 is 0. The maximum atomic E-state index is 12.3. The van der Waals surface area contributed by atoms with Crippen LogP contribution >= 0.6 is 0 Å². The minimum Gasteiger partial charge on any atom is -0.457 e. The Labute approximate surface area is 170 Å². The van der Waals surface area contributed by atoms with Gasteiger partial charge in [-0.05, 0) is 63.9 Å². The number of cyclic esters (lactones) is 1. The van der Waals surface area contributed by atoms with Gasteiger partial charge in [0.15, 0.2) is 5.60 Å². The zero-order valence-corrected chi connectivity index (χ0v) is 18.6. The zero-order chi connectivity index (χ0) is 21.5. The summed E-state index contributed by atoms with van der Waals surface area (Å²) in [6, 6.07) is 0. The molecule has 0 radical (unpaired) electrons. The number of allylic oxidation sites excluding steroid dienone is 1. The van der Waals surface area contributed by atoms with E-state index in [0.29, 0.717) is 23.3 Å². The number of carbonyl (C=O) groups is 2. The van der Waals surface area contributed by atoms with Crippen LogP contribution in [0.4, 0.5) is 0 Å². The molecule has 0 spiro atoms. The van der Waals surface area contributed by atoms with Crippen LogP contribution in [0, 0.1) is 17.8 Å². The van der Waals surface area contributed by atoms with Crippen molar-refractivity contribution in [2.45, 2.75) is 85.4 Å². The van der Waals surface area contributed by atoms with Gasteiger partial charge in [-0.2, -0.15) is 0 Å². The van der Waals surface area contributed by atoms with E-state index >= 15 is 0 Å². The van der Waals surface area contributed by atoms with Crippen molar-refractivity contribution in [1.82, 2.24) is 0 Å². The van der Waals surface area contributed by atoms with Gasteiger partial charge in [0.05, 0.1) is 6.61 Å². The minimum atomic E-state index is -1.19. The first kappa shape index (κ1) is 24.4. The van der Waals surface area contributed by atoms with Crippen LogP contribution in [-0.4, -0.2) is 34.9 Å². The van der Waals surface area contributed by atoms with Gasteiger partial charge in [-0.25, -0.2) is 9.59 Å². The Bertz CT molecular complexity index is 585. The second-order valence-electron chi connectivity index (χ2n) is 9.75. The molecular weight excluding hydrogens is 356 g/mol. The molecule has 1 fully saturated rings. The first-order valence-corrected chi connectivity index (χ1v) is 10.3. The molecule has 1 heterocycles. The molecule has 1 aliphatic rings. The Kier molecular flexibility index (Phi) is 8.93. The normalized spacial score (nSPS) is 22.1. The second kappa shape index (κ2) is 10.2. The Balaban J connectivity index is 2.84. The van der Waals surface area contributed by atoms with Crippen molar-refractivity contribution in [3.8, 4) is 0 Å². The molecule has 1 rings (SSSR count). The van der Waals surface area contributed by atoms with E-state index in [4.69, 9.17) is 9.47 Å². The monoisotopic (exact) mass is 394 g/mol. The van der Waals surface area contributed by atoms with E-state index in [1.807, 2.05) is 6.08 Å². The van der Waals surface area contributed by atoms with E-state index < -0.39 is 23.1 Å². The van der Waals surface area contributed by atoms with Crippen LogP contribution < -0.4 is 0 Å². The summed E-state index contributed by atoms with van der Waals surface area (Å²) in [7, 11) is 0. The SMILES string of the molecule is CC(C)CC(C/C=C1\CC(/C=C\C(=O)OC(C)(C)C)(CO)OC1=O)CC(C)C. The van der Waals surface area contributed by atoms with Crippen LogP contribution in [0.3, 0.4) is 0 Å². The molecule has 5 heteroatoms. The number of hydrogen-bond donors (Lipinski definition) is 1. The smallest absolute Gasteiger partial charge is 0.334 e. The van der Waals surface area contributed by atoms with Crippen molar-refractivity contribution in [2.75, 3.05) is 6.61 Å². The number of aliphatic hydroxyl groups excluding tert-OH is 1. The fourth-order valence-electron chi connectivity index (χ4n) is 3.56. The van der Waals surface area contributed by atoms with Gasteiger partial charge in [-0.1, -0.05) is 33.8 Å². The molecule has 5 nitrogen and oxygen atoms in total. The number of hydrogen-bond acceptors (Lipinski definition) is 5. The van der Waals surface area contributed by atoms with Crippen molar-refractivity contribution in [3.63, 3.8) is 0 Å². The highest BCUT2D eigenvalue weighted by Gasteiger charge is 2.41. The van der Waals surface area contributed by atoms with Crippen molar-refractivity contribution >= 4 is 11.9 Å². The summed E-state index contributed by atoms with van der Waals surface area (Å²) in [4.78, 5) is 24.2. The number of ether oxygens (including phenoxy) is 2. The molecule has 0 aromatic carbocycles. The number of aliphatic hydroxyl groups is 1. The fraction of sp³-hybridized carbons (Fsp3) is 0.739. The summed E-state index contributed by atoms with van der Waals surface area (Å²) in [5.74, 6) is 0.775. The van der Waals surface area contributed by atoms with Crippen molar-refractivity contribution in [1.29, 1.82) is 0 Å². The molecule has 0 saturated carbocycles. The lowest BCUT2D eigenvalue weighted by Gasteiger charge is -2.21. The lowest BCUT2D eigenvalue weighted by Crippen LogP contribution is -2.31. The maximum absolute atomic E-state index is 12.3. The first-order chi connectivity index (χ1) is 12.9. The van der Waals surface area contributed by atoms with Crippen LogP contribution in [0.5, 0.6) is 0 Å². The fourth-order valence-corrected chi connectivity index (χ4v) is 3.56. The third-order valence-electron chi connectivity index (χ3n) is 4.55.